The predicted octanol–water partition coefficient (Wildman–Crippen LogP) is 4.49. The molecular weight excluding hydrogens is 540 g/mol. The number of benzene rings is 3. The van der Waals surface area contributed by atoms with Crippen molar-refractivity contribution in [2.75, 3.05) is 13.6 Å². The lowest BCUT2D eigenvalue weighted by Gasteiger charge is -2.35. The van der Waals surface area contributed by atoms with Crippen LogP contribution in [-0.2, 0) is 21.5 Å². The summed E-state index contributed by atoms with van der Waals surface area (Å²) in [5.74, 6) is -0.377. The largest absolute Gasteiger partial charge is 0.392 e. The van der Waals surface area contributed by atoms with E-state index in [1.165, 1.54) is 12.1 Å². The van der Waals surface area contributed by atoms with E-state index < -0.39 is 10.1 Å². The number of H-pyrrole nitrogens is 1. The third kappa shape index (κ3) is 6.66. The molecule has 2 heterocycles. The highest BCUT2D eigenvalue weighted by Gasteiger charge is 2.32. The van der Waals surface area contributed by atoms with Gasteiger partial charge in [-0.25, -0.2) is 0 Å². The van der Waals surface area contributed by atoms with E-state index in [2.05, 4.69) is 21.2 Å². The molecule has 1 fully saturated rings. The van der Waals surface area contributed by atoms with Gasteiger partial charge in [-0.2, -0.15) is 13.5 Å². The number of nitrogens with two attached hydrogens (primary N) is 1. The van der Waals surface area contributed by atoms with Gasteiger partial charge in [-0.05, 0) is 80.9 Å². The number of likely N-dealkylation sites (tertiary alicyclic amines) is 1. The molecule has 2 unspecified atom stereocenters. The Labute approximate surface area is 232 Å². The molecule has 1 saturated heterocycles. The second kappa shape index (κ2) is 11.8. The number of hydrogen-bond donors (Lipinski definition) is 4. The summed E-state index contributed by atoms with van der Waals surface area (Å²) in [4.78, 5) is 13.9. The summed E-state index contributed by atoms with van der Waals surface area (Å²) in [6, 6.07) is 17.6. The van der Waals surface area contributed by atoms with Crippen LogP contribution in [0.15, 0.2) is 65.6 Å². The molecule has 39 heavy (non-hydrogen) atoms. The Morgan fingerprint density at radius 1 is 1.15 bits per heavy atom. The van der Waals surface area contributed by atoms with Crippen LogP contribution in [0, 0.1) is 12.8 Å². The highest BCUT2D eigenvalue weighted by molar-refractivity contribution is 7.85. The average molecular weight is 571 g/mol. The minimum Gasteiger partial charge on any atom is -0.392 e. The maximum absolute atomic E-state index is 11.7. The SMILES string of the molecule is CN1CCC(C(N)=O)CC1c1n[nH]c2ccc(-c3cc(CO)ccc3Cl)cc12.Cc1ccc(S(=O)(=O)O)cc1. The summed E-state index contributed by atoms with van der Waals surface area (Å²) in [7, 11) is -1.97. The molecular formula is C28H31ClN4O5S. The van der Waals surface area contributed by atoms with Crippen molar-refractivity contribution in [3.8, 4) is 11.1 Å². The Bertz CT molecular complexity index is 1590. The Kier molecular flexibility index (Phi) is 8.73. The number of aryl methyl sites for hydroxylation is 1. The number of carbonyl (C=O) groups is 1. The van der Waals surface area contributed by atoms with E-state index in [1.807, 2.05) is 38.2 Å². The standard InChI is InChI=1S/C21H23ClN4O2.C7H8O3S/c1-26-7-6-14(21(23)28)10-19(26)20-16-9-13(3-5-18(16)24-25-20)15-8-12(11-27)2-4-17(15)22;1-6-2-4-7(5-3-6)11(8,9)10/h2-5,8-9,14,19,27H,6-7,10-11H2,1H3,(H2,23,28)(H,24,25);2-5H,1H3,(H,8,9,10). The molecule has 0 aliphatic carbocycles. The number of nitrogens with zero attached hydrogens (tertiary/aromatic N) is 2. The molecule has 4 aromatic rings. The van der Waals surface area contributed by atoms with E-state index in [0.29, 0.717) is 11.4 Å². The predicted molar refractivity (Wildman–Crippen MR) is 151 cm³/mol. The first kappa shape index (κ1) is 28.7. The van der Waals surface area contributed by atoms with Crippen molar-refractivity contribution in [3.63, 3.8) is 0 Å². The number of nitrogens with one attached hydrogen (secondary N) is 1. The molecule has 0 saturated carbocycles. The first-order valence-corrected chi connectivity index (χ1v) is 14.2. The Hall–Kier alpha value is -3.28. The van der Waals surface area contributed by atoms with E-state index in [9.17, 15) is 18.3 Å². The van der Waals surface area contributed by atoms with E-state index >= 15 is 0 Å². The molecule has 206 valence electrons. The smallest absolute Gasteiger partial charge is 0.294 e. The van der Waals surface area contributed by atoms with Gasteiger partial charge in [0, 0.05) is 21.9 Å². The van der Waals surface area contributed by atoms with Crippen LogP contribution < -0.4 is 5.73 Å². The summed E-state index contributed by atoms with van der Waals surface area (Å²) in [5.41, 5.74) is 11.0. The number of rotatable bonds is 5. The van der Waals surface area contributed by atoms with Crippen molar-refractivity contribution in [1.29, 1.82) is 0 Å². The second-order valence-corrected chi connectivity index (χ2v) is 11.6. The summed E-state index contributed by atoms with van der Waals surface area (Å²) in [6.45, 7) is 2.61. The van der Waals surface area contributed by atoms with Gasteiger partial charge in [0.05, 0.1) is 28.8 Å². The second-order valence-electron chi connectivity index (χ2n) is 9.75. The molecule has 0 bridgehead atoms. The minimum absolute atomic E-state index is 0.0227. The lowest BCUT2D eigenvalue weighted by atomic mass is 9.88. The first-order valence-electron chi connectivity index (χ1n) is 12.4. The fourth-order valence-corrected chi connectivity index (χ4v) is 5.43. The van der Waals surface area contributed by atoms with Crippen LogP contribution >= 0.6 is 11.6 Å². The van der Waals surface area contributed by atoms with E-state index in [4.69, 9.17) is 21.9 Å². The maximum atomic E-state index is 11.7. The van der Waals surface area contributed by atoms with Gasteiger partial charge < -0.3 is 10.8 Å². The van der Waals surface area contributed by atoms with Crippen LogP contribution in [0.2, 0.25) is 5.02 Å². The number of primary amides is 1. The number of halogens is 1. The number of fused-ring (bicyclic) bond motifs is 1. The number of hydrogen-bond acceptors (Lipinski definition) is 6. The molecule has 3 aromatic carbocycles. The summed E-state index contributed by atoms with van der Waals surface area (Å²) >= 11 is 6.41. The number of aliphatic hydroxyl groups excluding tert-OH is 1. The summed E-state index contributed by atoms with van der Waals surface area (Å²) < 4.78 is 29.6. The number of amides is 1. The minimum atomic E-state index is -4.02. The molecule has 0 radical (unpaired) electrons. The molecule has 5 N–H and O–H groups in total. The van der Waals surface area contributed by atoms with Crippen LogP contribution in [0.4, 0.5) is 0 Å². The monoisotopic (exact) mass is 570 g/mol. The summed E-state index contributed by atoms with van der Waals surface area (Å²) in [5, 5.41) is 18.7. The first-order chi connectivity index (χ1) is 18.5. The maximum Gasteiger partial charge on any atom is 0.294 e. The molecule has 2 atom stereocenters. The number of aliphatic hydroxyl groups is 1. The van der Waals surface area contributed by atoms with Crippen molar-refractivity contribution in [2.24, 2.45) is 11.7 Å². The van der Waals surface area contributed by atoms with Gasteiger partial charge in [0.1, 0.15) is 0 Å². The summed E-state index contributed by atoms with van der Waals surface area (Å²) in [6.07, 6.45) is 1.44. The number of aromatic amines is 1. The molecule has 1 aliphatic heterocycles. The number of carbonyl (C=O) groups excluding carboxylic acids is 1. The van der Waals surface area contributed by atoms with Gasteiger partial charge in [-0.15, -0.1) is 0 Å². The van der Waals surface area contributed by atoms with Crippen LogP contribution in [0.25, 0.3) is 22.0 Å². The van der Waals surface area contributed by atoms with Crippen LogP contribution in [-0.4, -0.2) is 52.7 Å². The van der Waals surface area contributed by atoms with Gasteiger partial charge in [0.25, 0.3) is 10.1 Å². The fourth-order valence-electron chi connectivity index (χ4n) is 4.72. The van der Waals surface area contributed by atoms with Crippen molar-refractivity contribution < 1.29 is 22.9 Å². The van der Waals surface area contributed by atoms with Crippen molar-refractivity contribution in [2.45, 2.75) is 37.3 Å². The topological polar surface area (TPSA) is 150 Å². The number of aromatic nitrogens is 2. The molecule has 1 aliphatic rings. The third-order valence-corrected chi connectivity index (χ3v) is 8.22. The zero-order valence-electron chi connectivity index (χ0n) is 21.6. The van der Waals surface area contributed by atoms with Crippen molar-refractivity contribution in [3.05, 3.63) is 82.5 Å². The highest BCUT2D eigenvalue weighted by Crippen LogP contribution is 2.37. The Morgan fingerprint density at radius 2 is 1.87 bits per heavy atom. The molecule has 1 amide bonds. The van der Waals surface area contributed by atoms with Gasteiger partial charge >= 0.3 is 0 Å². The van der Waals surface area contributed by atoms with E-state index in [1.54, 1.807) is 18.2 Å². The fraction of sp³-hybridized carbons (Fsp3) is 0.286. The molecule has 5 rings (SSSR count). The highest BCUT2D eigenvalue weighted by atomic mass is 35.5. The van der Waals surface area contributed by atoms with E-state index in [0.717, 1.165) is 51.8 Å². The molecule has 9 nitrogen and oxygen atoms in total. The normalized spacial score (nSPS) is 18.0. The lowest BCUT2D eigenvalue weighted by molar-refractivity contribution is -0.123. The van der Waals surface area contributed by atoms with Gasteiger partial charge in [-0.1, -0.05) is 41.4 Å². The van der Waals surface area contributed by atoms with Gasteiger partial charge in [0.2, 0.25) is 5.91 Å². The van der Waals surface area contributed by atoms with Crippen molar-refractivity contribution >= 4 is 38.5 Å². The molecule has 0 spiro atoms. The van der Waals surface area contributed by atoms with Crippen LogP contribution in [0.1, 0.15) is 35.7 Å². The van der Waals surface area contributed by atoms with Crippen LogP contribution in [0.5, 0.6) is 0 Å². The molecule has 1 aromatic heterocycles. The van der Waals surface area contributed by atoms with Gasteiger partial charge in [0.15, 0.2) is 0 Å². The zero-order valence-corrected chi connectivity index (χ0v) is 23.2. The zero-order chi connectivity index (χ0) is 28.3. The quantitative estimate of drug-likeness (QED) is 0.258. The third-order valence-electron chi connectivity index (χ3n) is 7.02. The van der Waals surface area contributed by atoms with E-state index in [-0.39, 0.29) is 29.4 Å². The van der Waals surface area contributed by atoms with Gasteiger partial charge in [-0.3, -0.25) is 19.3 Å². The molecule has 11 heteroatoms. The van der Waals surface area contributed by atoms with Crippen LogP contribution in [0.3, 0.4) is 0 Å². The Balaban J connectivity index is 0.000000270. The van der Waals surface area contributed by atoms with Crippen molar-refractivity contribution in [1.82, 2.24) is 15.1 Å². The average Bonchev–Trinajstić information content (AvgIpc) is 3.32. The Morgan fingerprint density at radius 3 is 2.51 bits per heavy atom. The lowest BCUT2D eigenvalue weighted by Crippen LogP contribution is -2.39. The number of piperidine rings is 1.